The minimum absolute atomic E-state index is 0.237. The van der Waals surface area contributed by atoms with Crippen molar-refractivity contribution in [3.63, 3.8) is 0 Å². The van der Waals surface area contributed by atoms with E-state index in [0.717, 1.165) is 23.3 Å². The van der Waals surface area contributed by atoms with Crippen molar-refractivity contribution >= 4 is 0 Å². The summed E-state index contributed by atoms with van der Waals surface area (Å²) < 4.78 is 5.51. The molecule has 2 aromatic carbocycles. The van der Waals surface area contributed by atoms with Crippen LogP contribution in [0.5, 0.6) is 11.5 Å². The van der Waals surface area contributed by atoms with Gasteiger partial charge in [-0.2, -0.15) is 0 Å². The van der Waals surface area contributed by atoms with Gasteiger partial charge in [-0.1, -0.05) is 31.2 Å². The van der Waals surface area contributed by atoms with Crippen LogP contribution in [0.15, 0.2) is 48.5 Å². The molecule has 0 amide bonds. The Morgan fingerprint density at radius 3 is 2.25 bits per heavy atom. The molecule has 0 radical (unpaired) electrons. The summed E-state index contributed by atoms with van der Waals surface area (Å²) in [5.41, 5.74) is 1.85. The summed E-state index contributed by atoms with van der Waals surface area (Å²) in [6, 6.07) is 14.4. The SMILES string of the molecule is CCCOc1ccc(C(O)Cc2ccc(O)cc2)cc1. The van der Waals surface area contributed by atoms with Crippen LogP contribution < -0.4 is 4.74 Å². The van der Waals surface area contributed by atoms with E-state index in [0.29, 0.717) is 13.0 Å². The number of rotatable bonds is 6. The van der Waals surface area contributed by atoms with Crippen molar-refractivity contribution in [3.8, 4) is 11.5 Å². The Morgan fingerprint density at radius 1 is 1.00 bits per heavy atom. The average Bonchev–Trinajstić information content (AvgIpc) is 2.48. The van der Waals surface area contributed by atoms with Gasteiger partial charge in [0.1, 0.15) is 11.5 Å². The number of phenolic OH excluding ortho intramolecular Hbond substituents is 1. The molecule has 3 heteroatoms. The number of ether oxygens (including phenoxy) is 1. The lowest BCUT2D eigenvalue weighted by Gasteiger charge is -2.12. The molecule has 1 atom stereocenters. The minimum atomic E-state index is -0.556. The zero-order valence-corrected chi connectivity index (χ0v) is 11.6. The molecule has 0 aromatic heterocycles. The molecule has 106 valence electrons. The van der Waals surface area contributed by atoms with Crippen LogP contribution in [0.2, 0.25) is 0 Å². The van der Waals surface area contributed by atoms with Crippen LogP contribution >= 0.6 is 0 Å². The van der Waals surface area contributed by atoms with E-state index in [1.807, 2.05) is 36.4 Å². The summed E-state index contributed by atoms with van der Waals surface area (Å²) in [4.78, 5) is 0. The number of aliphatic hydroxyl groups excluding tert-OH is 1. The summed E-state index contributed by atoms with van der Waals surface area (Å²) in [7, 11) is 0. The zero-order valence-electron chi connectivity index (χ0n) is 11.6. The number of hydrogen-bond acceptors (Lipinski definition) is 3. The first-order chi connectivity index (χ1) is 9.69. The molecule has 0 heterocycles. The van der Waals surface area contributed by atoms with Crippen molar-refractivity contribution in [2.45, 2.75) is 25.9 Å². The standard InChI is InChI=1S/C17H20O3/c1-2-11-20-16-9-5-14(6-10-16)17(19)12-13-3-7-15(18)8-4-13/h3-10,17-19H,2,11-12H2,1H3. The molecule has 0 bridgehead atoms. The third-order valence-electron chi connectivity index (χ3n) is 3.10. The molecular weight excluding hydrogens is 252 g/mol. The van der Waals surface area contributed by atoms with Crippen LogP contribution in [0, 0.1) is 0 Å². The molecule has 0 saturated carbocycles. The van der Waals surface area contributed by atoms with E-state index < -0.39 is 6.10 Å². The second kappa shape index (κ2) is 6.96. The smallest absolute Gasteiger partial charge is 0.119 e. The van der Waals surface area contributed by atoms with E-state index in [1.165, 1.54) is 0 Å². The molecule has 0 aliphatic rings. The predicted molar refractivity (Wildman–Crippen MR) is 79.0 cm³/mol. The highest BCUT2D eigenvalue weighted by atomic mass is 16.5. The van der Waals surface area contributed by atoms with Gasteiger partial charge in [0.05, 0.1) is 12.7 Å². The highest BCUT2D eigenvalue weighted by molar-refractivity contribution is 5.31. The first-order valence-electron chi connectivity index (χ1n) is 6.87. The predicted octanol–water partition coefficient (Wildman–Crippen LogP) is 3.46. The van der Waals surface area contributed by atoms with Crippen LogP contribution in [0.3, 0.4) is 0 Å². The lowest BCUT2D eigenvalue weighted by molar-refractivity contribution is 0.178. The fraction of sp³-hybridized carbons (Fsp3) is 0.294. The number of aromatic hydroxyl groups is 1. The third kappa shape index (κ3) is 4.00. The van der Waals surface area contributed by atoms with E-state index in [4.69, 9.17) is 4.74 Å². The van der Waals surface area contributed by atoms with E-state index in [1.54, 1.807) is 12.1 Å². The van der Waals surface area contributed by atoms with Crippen molar-refractivity contribution in [1.82, 2.24) is 0 Å². The van der Waals surface area contributed by atoms with Crippen LogP contribution in [0.1, 0.15) is 30.6 Å². The molecular formula is C17H20O3. The van der Waals surface area contributed by atoms with Gasteiger partial charge >= 0.3 is 0 Å². The van der Waals surface area contributed by atoms with Gasteiger partial charge in [0, 0.05) is 6.42 Å². The fourth-order valence-electron chi connectivity index (χ4n) is 1.98. The summed E-state index contributed by atoms with van der Waals surface area (Å²) in [6.07, 6.45) is 0.945. The molecule has 2 N–H and O–H groups in total. The van der Waals surface area contributed by atoms with Crippen molar-refractivity contribution in [2.75, 3.05) is 6.61 Å². The second-order valence-electron chi connectivity index (χ2n) is 4.80. The number of aliphatic hydroxyl groups is 1. The van der Waals surface area contributed by atoms with Crippen molar-refractivity contribution < 1.29 is 14.9 Å². The topological polar surface area (TPSA) is 49.7 Å². The lowest BCUT2D eigenvalue weighted by Crippen LogP contribution is -2.02. The lowest BCUT2D eigenvalue weighted by atomic mass is 10.0. The maximum Gasteiger partial charge on any atom is 0.119 e. The first-order valence-corrected chi connectivity index (χ1v) is 6.87. The van der Waals surface area contributed by atoms with Crippen LogP contribution in [0.4, 0.5) is 0 Å². The summed E-state index contributed by atoms with van der Waals surface area (Å²) in [5, 5.41) is 19.4. The Labute approximate surface area is 119 Å². The second-order valence-corrected chi connectivity index (χ2v) is 4.80. The molecule has 2 rings (SSSR count). The van der Waals surface area contributed by atoms with Crippen molar-refractivity contribution in [1.29, 1.82) is 0 Å². The molecule has 20 heavy (non-hydrogen) atoms. The maximum atomic E-state index is 10.2. The van der Waals surface area contributed by atoms with Crippen molar-refractivity contribution in [3.05, 3.63) is 59.7 Å². The Kier molecular flexibility index (Phi) is 5.02. The molecule has 1 unspecified atom stereocenters. The van der Waals surface area contributed by atoms with Gasteiger partial charge in [-0.3, -0.25) is 0 Å². The minimum Gasteiger partial charge on any atom is -0.508 e. The van der Waals surface area contributed by atoms with Gasteiger partial charge in [0.2, 0.25) is 0 Å². The number of phenols is 1. The monoisotopic (exact) mass is 272 g/mol. The van der Waals surface area contributed by atoms with Gasteiger partial charge in [0.15, 0.2) is 0 Å². The van der Waals surface area contributed by atoms with E-state index in [9.17, 15) is 10.2 Å². The largest absolute Gasteiger partial charge is 0.508 e. The summed E-state index contributed by atoms with van der Waals surface area (Å²) in [6.45, 7) is 2.77. The molecule has 2 aromatic rings. The Hall–Kier alpha value is -2.00. The van der Waals surface area contributed by atoms with Gasteiger partial charge in [-0.15, -0.1) is 0 Å². The normalized spacial score (nSPS) is 12.1. The highest BCUT2D eigenvalue weighted by Gasteiger charge is 2.08. The number of hydrogen-bond donors (Lipinski definition) is 2. The van der Waals surface area contributed by atoms with Gasteiger partial charge in [-0.05, 0) is 41.8 Å². The van der Waals surface area contributed by atoms with Crippen molar-refractivity contribution in [2.24, 2.45) is 0 Å². The average molecular weight is 272 g/mol. The fourth-order valence-corrected chi connectivity index (χ4v) is 1.98. The Balaban J connectivity index is 1.98. The molecule has 0 fully saturated rings. The van der Waals surface area contributed by atoms with Crippen LogP contribution in [-0.4, -0.2) is 16.8 Å². The Bertz CT molecular complexity index is 517. The maximum absolute atomic E-state index is 10.2. The summed E-state index contributed by atoms with van der Waals surface area (Å²) >= 11 is 0. The highest BCUT2D eigenvalue weighted by Crippen LogP contribution is 2.22. The van der Waals surface area contributed by atoms with Gasteiger partial charge in [-0.25, -0.2) is 0 Å². The van der Waals surface area contributed by atoms with Crippen LogP contribution in [0.25, 0.3) is 0 Å². The molecule has 0 aliphatic heterocycles. The van der Waals surface area contributed by atoms with E-state index >= 15 is 0 Å². The number of benzene rings is 2. The third-order valence-corrected chi connectivity index (χ3v) is 3.10. The van der Waals surface area contributed by atoms with E-state index in [2.05, 4.69) is 6.92 Å². The van der Waals surface area contributed by atoms with E-state index in [-0.39, 0.29) is 5.75 Å². The molecule has 0 saturated heterocycles. The zero-order chi connectivity index (χ0) is 14.4. The summed E-state index contributed by atoms with van der Waals surface area (Å²) in [5.74, 6) is 1.06. The van der Waals surface area contributed by atoms with Gasteiger partial charge < -0.3 is 14.9 Å². The molecule has 0 aliphatic carbocycles. The molecule has 0 spiro atoms. The van der Waals surface area contributed by atoms with Gasteiger partial charge in [0.25, 0.3) is 0 Å². The molecule has 3 nitrogen and oxygen atoms in total. The first kappa shape index (κ1) is 14.4. The quantitative estimate of drug-likeness (QED) is 0.846. The van der Waals surface area contributed by atoms with Crippen LogP contribution in [-0.2, 0) is 6.42 Å². The Morgan fingerprint density at radius 2 is 1.65 bits per heavy atom.